The summed E-state index contributed by atoms with van der Waals surface area (Å²) in [5.74, 6) is 0.0672. The van der Waals surface area contributed by atoms with Gasteiger partial charge in [-0.15, -0.1) is 0 Å². The SMILES string of the molecule is COC(=O)c1[nH]c(=O)n(CCCCCN2CCC(c3ccccc3)CC2)c1-c1ccc(Cl)c(Cl)c1. The van der Waals surface area contributed by atoms with Crippen LogP contribution in [0.1, 0.15) is 54.1 Å². The van der Waals surface area contributed by atoms with Gasteiger partial charge in [-0.2, -0.15) is 0 Å². The van der Waals surface area contributed by atoms with Crippen molar-refractivity contribution in [3.05, 3.63) is 80.3 Å². The van der Waals surface area contributed by atoms with Gasteiger partial charge in [0.2, 0.25) is 0 Å². The third kappa shape index (κ3) is 6.18. The predicted octanol–water partition coefficient (Wildman–Crippen LogP) is 5.99. The van der Waals surface area contributed by atoms with E-state index in [-0.39, 0.29) is 11.4 Å². The highest BCUT2D eigenvalue weighted by Crippen LogP contribution is 2.30. The second-order valence-corrected chi connectivity index (χ2v) is 9.83. The number of hydrogen-bond donors (Lipinski definition) is 1. The van der Waals surface area contributed by atoms with Crippen molar-refractivity contribution in [2.45, 2.75) is 44.6 Å². The molecule has 1 aliphatic heterocycles. The van der Waals surface area contributed by atoms with Crippen LogP contribution in [0.5, 0.6) is 0 Å². The van der Waals surface area contributed by atoms with Crippen molar-refractivity contribution in [3.8, 4) is 11.3 Å². The number of nitrogens with zero attached hydrogens (tertiary/aromatic N) is 2. The maximum atomic E-state index is 12.7. The Morgan fingerprint density at radius 2 is 1.71 bits per heavy atom. The first-order valence-corrected chi connectivity index (χ1v) is 12.9. The van der Waals surface area contributed by atoms with Gasteiger partial charge in [0.05, 0.1) is 22.8 Å². The van der Waals surface area contributed by atoms with Crippen molar-refractivity contribution in [2.75, 3.05) is 26.7 Å². The zero-order valence-corrected chi connectivity index (χ0v) is 21.4. The topological polar surface area (TPSA) is 67.3 Å². The van der Waals surface area contributed by atoms with Crippen LogP contribution in [-0.4, -0.2) is 47.2 Å². The Bertz CT molecular complexity index is 1200. The number of aromatic nitrogens is 2. The maximum Gasteiger partial charge on any atom is 0.356 e. The minimum absolute atomic E-state index is 0.122. The van der Waals surface area contributed by atoms with Crippen LogP contribution < -0.4 is 5.69 Å². The highest BCUT2D eigenvalue weighted by atomic mass is 35.5. The number of nitrogens with one attached hydrogen (secondary N) is 1. The van der Waals surface area contributed by atoms with Gasteiger partial charge in [0.15, 0.2) is 5.69 Å². The fourth-order valence-electron chi connectivity index (χ4n) is 4.87. The third-order valence-electron chi connectivity index (χ3n) is 6.78. The summed E-state index contributed by atoms with van der Waals surface area (Å²) >= 11 is 12.3. The van der Waals surface area contributed by atoms with Gasteiger partial charge < -0.3 is 9.64 Å². The van der Waals surface area contributed by atoms with Gasteiger partial charge in [-0.25, -0.2) is 9.59 Å². The molecule has 2 heterocycles. The minimum atomic E-state index is -0.596. The molecule has 1 aliphatic rings. The second-order valence-electron chi connectivity index (χ2n) is 9.01. The molecular weight excluding hydrogens is 485 g/mol. The summed E-state index contributed by atoms with van der Waals surface area (Å²) in [5.41, 5.74) is 2.35. The molecule has 186 valence electrons. The summed E-state index contributed by atoms with van der Waals surface area (Å²) in [6.45, 7) is 3.82. The van der Waals surface area contributed by atoms with E-state index in [9.17, 15) is 9.59 Å². The first-order valence-electron chi connectivity index (χ1n) is 12.1. The summed E-state index contributed by atoms with van der Waals surface area (Å²) in [6.07, 6.45) is 5.29. The van der Waals surface area contributed by atoms with Gasteiger partial charge in [0, 0.05) is 12.1 Å². The number of unbranched alkanes of at least 4 members (excludes halogenated alkanes) is 2. The number of rotatable bonds is 9. The monoisotopic (exact) mass is 515 g/mol. The van der Waals surface area contributed by atoms with Crippen molar-refractivity contribution in [3.63, 3.8) is 0 Å². The lowest BCUT2D eigenvalue weighted by molar-refractivity contribution is 0.0595. The largest absolute Gasteiger partial charge is 0.464 e. The molecule has 1 N–H and O–H groups in total. The number of likely N-dealkylation sites (tertiary alicyclic amines) is 1. The Hall–Kier alpha value is -2.54. The molecule has 0 spiro atoms. The van der Waals surface area contributed by atoms with Crippen LogP contribution in [0.4, 0.5) is 0 Å². The van der Waals surface area contributed by atoms with Crippen molar-refractivity contribution < 1.29 is 9.53 Å². The Morgan fingerprint density at radius 1 is 1.00 bits per heavy atom. The molecule has 35 heavy (non-hydrogen) atoms. The van der Waals surface area contributed by atoms with Gasteiger partial charge in [-0.05, 0) is 68.9 Å². The van der Waals surface area contributed by atoms with Crippen LogP contribution in [0.25, 0.3) is 11.3 Å². The molecule has 1 aromatic heterocycles. The number of methoxy groups -OCH3 is 1. The molecule has 0 amide bonds. The number of aromatic amines is 1. The number of carbonyl (C=O) groups excluding carboxylic acids is 1. The lowest BCUT2D eigenvalue weighted by Crippen LogP contribution is -2.33. The summed E-state index contributed by atoms with van der Waals surface area (Å²) in [6, 6.07) is 15.9. The molecule has 0 aliphatic carbocycles. The summed E-state index contributed by atoms with van der Waals surface area (Å²) in [7, 11) is 1.29. The summed E-state index contributed by atoms with van der Waals surface area (Å²) in [4.78, 5) is 30.2. The lowest BCUT2D eigenvalue weighted by Gasteiger charge is -2.32. The van der Waals surface area contributed by atoms with Crippen LogP contribution in [0.15, 0.2) is 53.3 Å². The second kappa shape index (κ2) is 11.9. The number of hydrogen-bond acceptors (Lipinski definition) is 4. The van der Waals surface area contributed by atoms with E-state index in [1.165, 1.54) is 25.5 Å². The van der Waals surface area contributed by atoms with E-state index in [0.717, 1.165) is 38.9 Å². The van der Waals surface area contributed by atoms with E-state index in [4.69, 9.17) is 27.9 Å². The molecule has 1 saturated heterocycles. The van der Waals surface area contributed by atoms with Gasteiger partial charge in [0.25, 0.3) is 0 Å². The number of halogens is 2. The van der Waals surface area contributed by atoms with Crippen molar-refractivity contribution in [1.29, 1.82) is 0 Å². The molecule has 0 unspecified atom stereocenters. The van der Waals surface area contributed by atoms with Crippen LogP contribution in [-0.2, 0) is 11.3 Å². The number of ether oxygens (including phenoxy) is 1. The van der Waals surface area contributed by atoms with Gasteiger partial charge >= 0.3 is 11.7 Å². The fraction of sp³-hybridized carbons (Fsp3) is 0.407. The predicted molar refractivity (Wildman–Crippen MR) is 141 cm³/mol. The Kier molecular flexibility index (Phi) is 8.71. The van der Waals surface area contributed by atoms with Gasteiger partial charge in [-0.1, -0.05) is 66.0 Å². The molecule has 1 fully saturated rings. The van der Waals surface area contributed by atoms with Crippen LogP contribution in [0, 0.1) is 0 Å². The van der Waals surface area contributed by atoms with Crippen molar-refractivity contribution >= 4 is 29.2 Å². The molecule has 4 rings (SSSR count). The van der Waals surface area contributed by atoms with E-state index < -0.39 is 5.97 Å². The molecule has 6 nitrogen and oxygen atoms in total. The molecule has 3 aromatic rings. The Balaban J connectivity index is 1.33. The number of H-pyrrole nitrogens is 1. The van der Waals surface area contributed by atoms with Gasteiger partial charge in [0.1, 0.15) is 0 Å². The highest BCUT2D eigenvalue weighted by molar-refractivity contribution is 6.42. The number of imidazole rings is 1. The number of esters is 1. The Labute approximate surface area is 215 Å². The first kappa shape index (κ1) is 25.5. The van der Waals surface area contributed by atoms with Crippen molar-refractivity contribution in [2.24, 2.45) is 0 Å². The molecule has 0 bridgehead atoms. The molecule has 0 atom stereocenters. The molecular formula is C27H31Cl2N3O3. The smallest absolute Gasteiger partial charge is 0.356 e. The summed E-state index contributed by atoms with van der Waals surface area (Å²) in [5, 5.41) is 0.767. The maximum absolute atomic E-state index is 12.7. The van der Waals surface area contributed by atoms with Crippen molar-refractivity contribution in [1.82, 2.24) is 14.5 Å². The number of benzene rings is 2. The zero-order chi connectivity index (χ0) is 24.8. The zero-order valence-electron chi connectivity index (χ0n) is 19.9. The lowest BCUT2D eigenvalue weighted by atomic mass is 9.89. The van der Waals surface area contributed by atoms with Gasteiger partial charge in [-0.3, -0.25) is 9.55 Å². The normalized spacial score (nSPS) is 14.8. The van der Waals surface area contributed by atoms with Crippen LogP contribution in [0.2, 0.25) is 10.0 Å². The average molecular weight is 516 g/mol. The van der Waals surface area contributed by atoms with E-state index >= 15 is 0 Å². The van der Waals surface area contributed by atoms with E-state index in [1.54, 1.807) is 22.8 Å². The quantitative estimate of drug-likeness (QED) is 0.280. The molecule has 0 saturated carbocycles. The molecule has 0 radical (unpaired) electrons. The van der Waals surface area contributed by atoms with E-state index in [0.29, 0.717) is 33.8 Å². The molecule has 8 heteroatoms. The standard InChI is InChI=1S/C27H31Cl2N3O3/c1-35-26(33)24-25(21-10-11-22(28)23(29)18-21)32(27(34)30-24)15-7-3-6-14-31-16-12-20(13-17-31)19-8-4-2-5-9-19/h2,4-5,8-11,18,20H,3,6-7,12-17H2,1H3,(H,30,34). The van der Waals surface area contributed by atoms with Crippen LogP contribution in [0.3, 0.4) is 0 Å². The third-order valence-corrected chi connectivity index (χ3v) is 7.52. The Morgan fingerprint density at radius 3 is 2.40 bits per heavy atom. The summed E-state index contributed by atoms with van der Waals surface area (Å²) < 4.78 is 6.47. The van der Waals surface area contributed by atoms with E-state index in [1.807, 2.05) is 0 Å². The first-order chi connectivity index (χ1) is 17.0. The van der Waals surface area contributed by atoms with Crippen LogP contribution >= 0.6 is 23.2 Å². The number of piperidine rings is 1. The van der Waals surface area contributed by atoms with E-state index in [2.05, 4.69) is 40.2 Å². The minimum Gasteiger partial charge on any atom is -0.464 e. The number of carbonyl (C=O) groups is 1. The molecule has 2 aromatic carbocycles. The fourth-order valence-corrected chi connectivity index (χ4v) is 5.17. The highest BCUT2D eigenvalue weighted by Gasteiger charge is 2.23. The average Bonchev–Trinajstić information content (AvgIpc) is 3.22.